The summed E-state index contributed by atoms with van der Waals surface area (Å²) in [4.78, 5) is 24.9. The van der Waals surface area contributed by atoms with Crippen molar-refractivity contribution in [2.75, 3.05) is 10.6 Å². The van der Waals surface area contributed by atoms with Gasteiger partial charge in [-0.15, -0.1) is 0 Å². The first-order valence-electron chi connectivity index (χ1n) is 8.39. The van der Waals surface area contributed by atoms with Crippen molar-refractivity contribution < 1.29 is 14.0 Å². The van der Waals surface area contributed by atoms with Crippen LogP contribution in [0.25, 0.3) is 0 Å². The standard InChI is InChI=1S/C22H15FN2O2/c23-17-8-4-7-15(11-17)20(26)13-21-24-18-10-9-16(12-19(18)25-21)22(27)14-5-2-1-3-6-14/h1-13,24-25H/b21-13-. The fourth-order valence-corrected chi connectivity index (χ4v) is 2.90. The zero-order valence-electron chi connectivity index (χ0n) is 14.2. The Labute approximate surface area is 155 Å². The van der Waals surface area contributed by atoms with Crippen LogP contribution in [0.3, 0.4) is 0 Å². The van der Waals surface area contributed by atoms with Gasteiger partial charge in [-0.2, -0.15) is 0 Å². The molecule has 0 atom stereocenters. The number of rotatable bonds is 4. The van der Waals surface area contributed by atoms with Crippen molar-refractivity contribution in [3.63, 3.8) is 0 Å². The smallest absolute Gasteiger partial charge is 0.193 e. The molecule has 0 amide bonds. The van der Waals surface area contributed by atoms with Crippen LogP contribution in [-0.4, -0.2) is 11.6 Å². The van der Waals surface area contributed by atoms with Gasteiger partial charge in [0.1, 0.15) is 11.6 Å². The second-order valence-corrected chi connectivity index (χ2v) is 6.14. The van der Waals surface area contributed by atoms with Gasteiger partial charge < -0.3 is 10.6 Å². The average Bonchev–Trinajstić information content (AvgIpc) is 3.09. The van der Waals surface area contributed by atoms with Gasteiger partial charge in [-0.3, -0.25) is 9.59 Å². The van der Waals surface area contributed by atoms with E-state index in [9.17, 15) is 14.0 Å². The number of nitrogens with one attached hydrogen (secondary N) is 2. The molecule has 0 saturated carbocycles. The Morgan fingerprint density at radius 3 is 2.26 bits per heavy atom. The molecule has 0 fully saturated rings. The molecule has 0 bridgehead atoms. The molecule has 1 aliphatic heterocycles. The monoisotopic (exact) mass is 358 g/mol. The molecule has 3 aromatic carbocycles. The Hall–Kier alpha value is -3.73. The molecule has 0 unspecified atom stereocenters. The maximum Gasteiger partial charge on any atom is 0.193 e. The van der Waals surface area contributed by atoms with Crippen LogP contribution in [0.15, 0.2) is 84.7 Å². The van der Waals surface area contributed by atoms with Gasteiger partial charge in [-0.1, -0.05) is 42.5 Å². The van der Waals surface area contributed by atoms with Crippen molar-refractivity contribution in [2.24, 2.45) is 0 Å². The summed E-state index contributed by atoms with van der Waals surface area (Å²) < 4.78 is 13.3. The third-order valence-electron chi connectivity index (χ3n) is 4.24. The van der Waals surface area contributed by atoms with E-state index >= 15 is 0 Å². The second-order valence-electron chi connectivity index (χ2n) is 6.14. The normalized spacial score (nSPS) is 13.6. The highest BCUT2D eigenvalue weighted by Gasteiger charge is 2.18. The first-order chi connectivity index (χ1) is 13.1. The van der Waals surface area contributed by atoms with Gasteiger partial charge in [0.15, 0.2) is 11.6 Å². The molecular formula is C22H15FN2O2. The van der Waals surface area contributed by atoms with Gasteiger partial charge >= 0.3 is 0 Å². The zero-order chi connectivity index (χ0) is 18.8. The van der Waals surface area contributed by atoms with Gasteiger partial charge in [0.2, 0.25) is 0 Å². The van der Waals surface area contributed by atoms with Crippen molar-refractivity contribution >= 4 is 22.9 Å². The number of allylic oxidation sites excluding steroid dienone is 1. The molecule has 3 aromatic rings. The number of benzene rings is 3. The van der Waals surface area contributed by atoms with E-state index in [1.165, 1.54) is 24.3 Å². The highest BCUT2D eigenvalue weighted by molar-refractivity contribution is 6.10. The molecule has 132 valence electrons. The number of ketones is 2. The molecule has 1 aliphatic rings. The van der Waals surface area contributed by atoms with Gasteiger partial charge in [0.25, 0.3) is 0 Å². The van der Waals surface area contributed by atoms with Crippen LogP contribution in [0.2, 0.25) is 0 Å². The molecular weight excluding hydrogens is 343 g/mol. The molecule has 5 heteroatoms. The molecule has 4 rings (SSSR count). The second kappa shape index (κ2) is 6.88. The molecule has 0 aromatic heterocycles. The number of carbonyl (C=O) groups is 2. The minimum absolute atomic E-state index is 0.0755. The first kappa shape index (κ1) is 16.7. The maximum atomic E-state index is 13.3. The highest BCUT2D eigenvalue weighted by Crippen LogP contribution is 2.32. The third kappa shape index (κ3) is 3.48. The predicted octanol–water partition coefficient (Wildman–Crippen LogP) is 4.62. The summed E-state index contributed by atoms with van der Waals surface area (Å²) in [5, 5.41) is 6.16. The van der Waals surface area contributed by atoms with Crippen LogP contribution in [-0.2, 0) is 0 Å². The lowest BCUT2D eigenvalue weighted by atomic mass is 10.0. The van der Waals surface area contributed by atoms with E-state index in [2.05, 4.69) is 10.6 Å². The van der Waals surface area contributed by atoms with Crippen LogP contribution in [0.5, 0.6) is 0 Å². The number of halogens is 1. The minimum Gasteiger partial charge on any atom is -0.340 e. The highest BCUT2D eigenvalue weighted by atomic mass is 19.1. The fourth-order valence-electron chi connectivity index (χ4n) is 2.90. The van der Waals surface area contributed by atoms with E-state index in [0.29, 0.717) is 22.6 Å². The summed E-state index contributed by atoms with van der Waals surface area (Å²) in [6.45, 7) is 0. The summed E-state index contributed by atoms with van der Waals surface area (Å²) in [6.07, 6.45) is 1.37. The molecule has 0 saturated heterocycles. The first-order valence-corrected chi connectivity index (χ1v) is 8.39. The predicted molar refractivity (Wildman–Crippen MR) is 102 cm³/mol. The van der Waals surface area contributed by atoms with E-state index in [4.69, 9.17) is 0 Å². The summed E-state index contributed by atoms with van der Waals surface area (Å²) >= 11 is 0. The Balaban J connectivity index is 1.55. The molecule has 27 heavy (non-hydrogen) atoms. The van der Waals surface area contributed by atoms with Gasteiger partial charge in [-0.25, -0.2) is 4.39 Å². The SMILES string of the molecule is O=C(/C=C1/Nc2ccc(C(=O)c3ccccc3)cc2N1)c1cccc(F)c1. The average molecular weight is 358 g/mol. The summed E-state index contributed by atoms with van der Waals surface area (Å²) in [7, 11) is 0. The Morgan fingerprint density at radius 1 is 0.741 bits per heavy atom. The van der Waals surface area contributed by atoms with Gasteiger partial charge in [0.05, 0.1) is 11.4 Å². The van der Waals surface area contributed by atoms with E-state index < -0.39 is 5.82 Å². The van der Waals surface area contributed by atoms with E-state index in [0.717, 1.165) is 5.69 Å². The fraction of sp³-hybridized carbons (Fsp3) is 0. The number of hydrogen-bond donors (Lipinski definition) is 2. The Bertz CT molecular complexity index is 1070. The van der Waals surface area contributed by atoms with Crippen molar-refractivity contribution in [1.29, 1.82) is 0 Å². The third-order valence-corrected chi connectivity index (χ3v) is 4.24. The molecule has 0 radical (unpaired) electrons. The Morgan fingerprint density at radius 2 is 1.48 bits per heavy atom. The minimum atomic E-state index is -0.459. The number of fused-ring (bicyclic) bond motifs is 1. The van der Waals surface area contributed by atoms with Gasteiger partial charge in [-0.05, 0) is 30.3 Å². The number of anilines is 2. The molecule has 0 spiro atoms. The lowest BCUT2D eigenvalue weighted by Crippen LogP contribution is -2.04. The zero-order valence-corrected chi connectivity index (χ0v) is 14.2. The van der Waals surface area contributed by atoms with Crippen molar-refractivity contribution in [2.45, 2.75) is 0 Å². The topological polar surface area (TPSA) is 58.2 Å². The molecule has 2 N–H and O–H groups in total. The molecule has 4 nitrogen and oxygen atoms in total. The van der Waals surface area contributed by atoms with Crippen molar-refractivity contribution in [3.8, 4) is 0 Å². The van der Waals surface area contributed by atoms with Crippen molar-refractivity contribution in [3.05, 3.63) is 107 Å². The summed E-state index contributed by atoms with van der Waals surface area (Å²) in [5.74, 6) is -0.381. The van der Waals surface area contributed by atoms with E-state index in [1.807, 2.05) is 18.2 Å². The number of hydrogen-bond acceptors (Lipinski definition) is 4. The van der Waals surface area contributed by atoms with Crippen LogP contribution in [0, 0.1) is 5.82 Å². The van der Waals surface area contributed by atoms with Crippen LogP contribution < -0.4 is 10.6 Å². The van der Waals surface area contributed by atoms with Crippen LogP contribution >= 0.6 is 0 Å². The number of carbonyl (C=O) groups excluding carboxylic acids is 2. The quantitative estimate of drug-likeness (QED) is 0.528. The van der Waals surface area contributed by atoms with Gasteiger partial charge in [0, 0.05) is 22.8 Å². The molecule has 0 aliphatic carbocycles. The summed E-state index contributed by atoms with van der Waals surface area (Å²) in [6, 6.07) is 19.8. The Kier molecular flexibility index (Phi) is 4.26. The molecule has 1 heterocycles. The van der Waals surface area contributed by atoms with Crippen LogP contribution in [0.4, 0.5) is 15.8 Å². The van der Waals surface area contributed by atoms with E-state index in [1.54, 1.807) is 36.4 Å². The lowest BCUT2D eigenvalue weighted by molar-refractivity contribution is 0.103. The van der Waals surface area contributed by atoms with E-state index in [-0.39, 0.29) is 17.1 Å². The lowest BCUT2D eigenvalue weighted by Gasteiger charge is -2.03. The summed E-state index contributed by atoms with van der Waals surface area (Å²) in [5.41, 5.74) is 2.89. The maximum absolute atomic E-state index is 13.3. The largest absolute Gasteiger partial charge is 0.340 e. The van der Waals surface area contributed by atoms with Crippen molar-refractivity contribution in [1.82, 2.24) is 0 Å². The van der Waals surface area contributed by atoms with Crippen LogP contribution in [0.1, 0.15) is 26.3 Å².